The predicted octanol–water partition coefficient (Wildman–Crippen LogP) is 6.93. The topological polar surface area (TPSA) is 82.6 Å². The summed E-state index contributed by atoms with van der Waals surface area (Å²) in [5.41, 5.74) is 12.5. The second kappa shape index (κ2) is 10.5. The lowest BCUT2D eigenvalue weighted by Gasteiger charge is -2.29. The van der Waals surface area contributed by atoms with E-state index in [1.54, 1.807) is 17.0 Å². The Morgan fingerprint density at radius 2 is 1.95 bits per heavy atom. The van der Waals surface area contributed by atoms with Gasteiger partial charge in [-0.25, -0.2) is 4.79 Å². The Morgan fingerprint density at radius 1 is 1.10 bits per heavy atom. The lowest BCUT2D eigenvalue weighted by Crippen LogP contribution is -2.37. The summed E-state index contributed by atoms with van der Waals surface area (Å²) in [5.74, 6) is 1.55. The highest BCUT2D eigenvalue weighted by molar-refractivity contribution is 6.31. The molecule has 6 rings (SSSR count). The van der Waals surface area contributed by atoms with Crippen LogP contribution in [0.5, 0.6) is 5.75 Å². The van der Waals surface area contributed by atoms with Gasteiger partial charge in [0.15, 0.2) is 0 Å². The van der Waals surface area contributed by atoms with Crippen molar-refractivity contribution in [3.05, 3.63) is 93.7 Å². The lowest BCUT2D eigenvalue weighted by atomic mass is 9.93. The molecule has 3 aromatic carbocycles. The van der Waals surface area contributed by atoms with Gasteiger partial charge in [-0.2, -0.15) is 5.10 Å². The normalized spacial score (nSPS) is 17.4. The van der Waals surface area contributed by atoms with Crippen LogP contribution in [0.3, 0.4) is 0 Å². The molecule has 1 fully saturated rings. The van der Waals surface area contributed by atoms with Gasteiger partial charge in [0.05, 0.1) is 18.4 Å². The zero-order valence-electron chi connectivity index (χ0n) is 21.4. The number of amides is 1. The number of fused-ring (bicyclic) bond motifs is 3. The van der Waals surface area contributed by atoms with Crippen LogP contribution in [0.4, 0.5) is 16.2 Å². The van der Waals surface area contributed by atoms with Gasteiger partial charge in [0, 0.05) is 39.6 Å². The quantitative estimate of drug-likeness (QED) is 0.195. The molecular weight excluding hydrogens is 535 g/mol. The Bertz CT molecular complexity index is 1550. The molecule has 1 aliphatic carbocycles. The maximum absolute atomic E-state index is 13.2. The molecule has 2 heterocycles. The van der Waals surface area contributed by atoms with Gasteiger partial charge in [-0.1, -0.05) is 41.4 Å². The molecule has 0 radical (unpaired) electrons. The second-order valence-corrected chi connectivity index (χ2v) is 10.9. The number of hydrogen-bond acceptors (Lipinski definition) is 5. The van der Waals surface area contributed by atoms with E-state index in [9.17, 15) is 4.79 Å². The van der Waals surface area contributed by atoms with Crippen molar-refractivity contribution in [2.45, 2.75) is 25.8 Å². The number of halogens is 2. The van der Waals surface area contributed by atoms with Crippen molar-refractivity contribution in [3.8, 4) is 16.9 Å². The number of aromatic nitrogens is 2. The second-order valence-electron chi connectivity index (χ2n) is 10.1. The predicted molar refractivity (Wildman–Crippen MR) is 154 cm³/mol. The first-order chi connectivity index (χ1) is 18.9. The molecule has 0 bridgehead atoms. The molecule has 4 aromatic rings. The number of anilines is 2. The van der Waals surface area contributed by atoms with Crippen LogP contribution in [0, 0.1) is 12.8 Å². The highest BCUT2D eigenvalue weighted by Crippen LogP contribution is 2.57. The number of hydrogen-bond donors (Lipinski definition) is 1. The standard InChI is InChI=1S/C30H28Cl2N4O3/c1-18-25(31)5-3-7-28(18)38-10-11-39-30(37)36-17-19-13-24(19)29-23(4-2-6-27(29)36)21-14-34-35(16-21)15-20-12-22(33)8-9-26(20)32/h2-9,12,14,16,19,24H,10-11,13,15,17,33H2,1H3/t19-,24-/m0/s1. The average Bonchev–Trinajstić information content (AvgIpc) is 3.58. The van der Waals surface area contributed by atoms with Crippen LogP contribution >= 0.6 is 23.2 Å². The van der Waals surface area contributed by atoms with Gasteiger partial charge in [-0.15, -0.1) is 0 Å². The first kappa shape index (κ1) is 25.6. The van der Waals surface area contributed by atoms with Crippen molar-refractivity contribution in [3.63, 3.8) is 0 Å². The summed E-state index contributed by atoms with van der Waals surface area (Å²) >= 11 is 12.5. The molecule has 1 amide bonds. The van der Waals surface area contributed by atoms with Crippen molar-refractivity contribution in [1.29, 1.82) is 0 Å². The summed E-state index contributed by atoms with van der Waals surface area (Å²) < 4.78 is 13.3. The summed E-state index contributed by atoms with van der Waals surface area (Å²) in [5, 5.41) is 5.87. The highest BCUT2D eigenvalue weighted by Gasteiger charge is 2.48. The molecule has 9 heteroatoms. The number of nitrogens with two attached hydrogens (primary N) is 1. The minimum Gasteiger partial charge on any atom is -0.490 e. The van der Waals surface area contributed by atoms with Crippen molar-refractivity contribution in [2.75, 3.05) is 30.4 Å². The molecule has 2 N–H and O–H groups in total. The Hall–Kier alpha value is -3.68. The molecule has 0 saturated heterocycles. The van der Waals surface area contributed by atoms with Crippen LogP contribution in [0.15, 0.2) is 67.0 Å². The molecule has 1 saturated carbocycles. The number of rotatable bonds is 7. The monoisotopic (exact) mass is 562 g/mol. The van der Waals surface area contributed by atoms with Gasteiger partial charge in [0.25, 0.3) is 0 Å². The number of carbonyl (C=O) groups excluding carboxylic acids is 1. The average molecular weight is 563 g/mol. The van der Waals surface area contributed by atoms with Crippen molar-refractivity contribution < 1.29 is 14.3 Å². The summed E-state index contributed by atoms with van der Waals surface area (Å²) in [6, 6.07) is 17.0. The van der Waals surface area contributed by atoms with Crippen LogP contribution in [0.25, 0.3) is 11.1 Å². The molecule has 2 aliphatic rings. The molecule has 0 unspecified atom stereocenters. The molecular formula is C30H28Cl2N4O3. The molecule has 1 aromatic heterocycles. The first-order valence-electron chi connectivity index (χ1n) is 12.9. The van der Waals surface area contributed by atoms with Crippen LogP contribution in [0.2, 0.25) is 10.0 Å². The van der Waals surface area contributed by atoms with Gasteiger partial charge < -0.3 is 15.2 Å². The molecule has 2 atom stereocenters. The Labute approximate surface area is 237 Å². The first-order valence-corrected chi connectivity index (χ1v) is 13.7. The molecule has 200 valence electrons. The maximum Gasteiger partial charge on any atom is 0.414 e. The summed E-state index contributed by atoms with van der Waals surface area (Å²) in [6.07, 6.45) is 4.56. The number of nitrogen functional groups attached to an aromatic ring is 1. The van der Waals surface area contributed by atoms with E-state index in [4.69, 9.17) is 38.4 Å². The van der Waals surface area contributed by atoms with E-state index in [0.717, 1.165) is 34.4 Å². The number of carbonyl (C=O) groups is 1. The zero-order valence-corrected chi connectivity index (χ0v) is 23.0. The smallest absolute Gasteiger partial charge is 0.414 e. The summed E-state index contributed by atoms with van der Waals surface area (Å²) in [7, 11) is 0. The fourth-order valence-electron chi connectivity index (χ4n) is 5.32. The minimum atomic E-state index is -0.364. The van der Waals surface area contributed by atoms with Crippen LogP contribution in [-0.2, 0) is 11.3 Å². The Morgan fingerprint density at radius 3 is 2.82 bits per heavy atom. The molecule has 1 aliphatic heterocycles. The van der Waals surface area contributed by atoms with E-state index >= 15 is 0 Å². The van der Waals surface area contributed by atoms with Crippen LogP contribution in [-0.4, -0.2) is 35.6 Å². The third-order valence-electron chi connectivity index (χ3n) is 7.44. The highest BCUT2D eigenvalue weighted by atomic mass is 35.5. The van der Waals surface area contributed by atoms with Crippen LogP contribution < -0.4 is 15.4 Å². The fraction of sp³-hybridized carbons (Fsp3) is 0.267. The summed E-state index contributed by atoms with van der Waals surface area (Å²) in [6.45, 7) is 3.45. The van der Waals surface area contributed by atoms with Gasteiger partial charge in [-0.3, -0.25) is 9.58 Å². The van der Waals surface area contributed by atoms with Crippen molar-refractivity contribution in [1.82, 2.24) is 9.78 Å². The number of ether oxygens (including phenoxy) is 2. The van der Waals surface area contributed by atoms with Gasteiger partial charge in [-0.05, 0) is 78.3 Å². The molecule has 0 spiro atoms. The van der Waals surface area contributed by atoms with E-state index < -0.39 is 0 Å². The van der Waals surface area contributed by atoms with Gasteiger partial charge >= 0.3 is 6.09 Å². The fourth-order valence-corrected chi connectivity index (χ4v) is 5.66. The lowest BCUT2D eigenvalue weighted by molar-refractivity contribution is 0.130. The van der Waals surface area contributed by atoms with E-state index in [-0.39, 0.29) is 19.3 Å². The summed E-state index contributed by atoms with van der Waals surface area (Å²) in [4.78, 5) is 14.9. The van der Waals surface area contributed by atoms with E-state index in [0.29, 0.717) is 46.4 Å². The van der Waals surface area contributed by atoms with E-state index in [2.05, 4.69) is 11.2 Å². The number of nitrogens with zero attached hydrogens (tertiary/aromatic N) is 3. The Balaban J connectivity index is 1.17. The molecule has 39 heavy (non-hydrogen) atoms. The maximum atomic E-state index is 13.2. The third kappa shape index (κ3) is 5.16. The molecule has 7 nitrogen and oxygen atoms in total. The van der Waals surface area contributed by atoms with Crippen LogP contribution in [0.1, 0.15) is 29.0 Å². The zero-order chi connectivity index (χ0) is 27.1. The largest absolute Gasteiger partial charge is 0.490 e. The number of benzene rings is 3. The minimum absolute atomic E-state index is 0.143. The van der Waals surface area contributed by atoms with Gasteiger partial charge in [0.1, 0.15) is 19.0 Å². The Kier molecular flexibility index (Phi) is 6.87. The van der Waals surface area contributed by atoms with E-state index in [1.807, 2.05) is 60.4 Å². The van der Waals surface area contributed by atoms with Gasteiger partial charge in [0.2, 0.25) is 0 Å². The van der Waals surface area contributed by atoms with E-state index in [1.165, 1.54) is 5.56 Å². The SMILES string of the molecule is Cc1c(Cl)cccc1OCCOC(=O)N1C[C@@H]2C[C@@H]2c2c(-c3cnn(Cc4cc(N)ccc4Cl)c3)cccc21. The third-order valence-corrected chi connectivity index (χ3v) is 8.21. The van der Waals surface area contributed by atoms with Crippen molar-refractivity contribution >= 4 is 40.7 Å². The van der Waals surface area contributed by atoms with Crippen molar-refractivity contribution in [2.24, 2.45) is 5.92 Å².